The van der Waals surface area contributed by atoms with E-state index < -0.39 is 0 Å². The molecule has 0 fully saturated rings. The van der Waals surface area contributed by atoms with Crippen molar-refractivity contribution < 1.29 is 4.74 Å². The van der Waals surface area contributed by atoms with Crippen molar-refractivity contribution in [2.45, 2.75) is 40.0 Å². The number of hydrogen-bond donors (Lipinski definition) is 1. The molecule has 3 rings (SSSR count). The number of anilines is 2. The molecule has 5 nitrogen and oxygen atoms in total. The van der Waals surface area contributed by atoms with Crippen molar-refractivity contribution in [2.24, 2.45) is 0 Å². The predicted octanol–water partition coefficient (Wildman–Crippen LogP) is 5.32. The van der Waals surface area contributed by atoms with Gasteiger partial charge in [-0.15, -0.1) is 0 Å². The molecule has 0 aliphatic carbocycles. The Hall–Kier alpha value is -2.95. The number of aromatic nitrogens is 3. The summed E-state index contributed by atoms with van der Waals surface area (Å²) in [5.41, 5.74) is 4.05. The van der Waals surface area contributed by atoms with Crippen LogP contribution in [0.1, 0.15) is 37.7 Å². The van der Waals surface area contributed by atoms with Crippen molar-refractivity contribution in [1.29, 1.82) is 0 Å². The molecule has 3 aromatic rings. The minimum atomic E-state index is 0.125. The van der Waals surface area contributed by atoms with Crippen molar-refractivity contribution >= 4 is 11.6 Å². The molecule has 134 valence electrons. The first-order valence-electron chi connectivity index (χ1n) is 8.63. The Morgan fingerprint density at radius 1 is 0.885 bits per heavy atom. The van der Waals surface area contributed by atoms with Gasteiger partial charge in [-0.25, -0.2) is 15.0 Å². The number of benzene rings is 1. The molecule has 2 aromatic heterocycles. The van der Waals surface area contributed by atoms with Gasteiger partial charge in [0.2, 0.25) is 11.8 Å². The standard InChI is InChI=1S/C21H24N4O/c1-14-12-15(2)24-20(23-14)25-17-8-11-19(22-13-17)26-18-9-6-16(7-10-18)21(3,4)5/h6-13H,1-5H3,(H,23,24,25). The Labute approximate surface area is 154 Å². The third-order valence-electron chi connectivity index (χ3n) is 3.92. The molecule has 0 amide bonds. The summed E-state index contributed by atoms with van der Waals surface area (Å²) in [6.07, 6.45) is 1.71. The van der Waals surface area contributed by atoms with Crippen LogP contribution in [-0.4, -0.2) is 15.0 Å². The molecule has 0 aliphatic rings. The van der Waals surface area contributed by atoms with Crippen molar-refractivity contribution in [3.05, 3.63) is 65.6 Å². The van der Waals surface area contributed by atoms with E-state index >= 15 is 0 Å². The van der Waals surface area contributed by atoms with Crippen LogP contribution in [0.15, 0.2) is 48.7 Å². The molecule has 0 spiro atoms. The number of pyridine rings is 1. The number of hydrogen-bond acceptors (Lipinski definition) is 5. The van der Waals surface area contributed by atoms with Crippen LogP contribution in [0.2, 0.25) is 0 Å². The zero-order valence-corrected chi connectivity index (χ0v) is 15.9. The highest BCUT2D eigenvalue weighted by Gasteiger charge is 2.13. The lowest BCUT2D eigenvalue weighted by molar-refractivity contribution is 0.462. The zero-order valence-electron chi connectivity index (χ0n) is 15.9. The molecule has 5 heteroatoms. The molecule has 0 radical (unpaired) electrons. The first-order valence-corrected chi connectivity index (χ1v) is 8.63. The van der Waals surface area contributed by atoms with Gasteiger partial charge in [0.1, 0.15) is 5.75 Å². The second-order valence-corrected chi connectivity index (χ2v) is 7.36. The highest BCUT2D eigenvalue weighted by molar-refractivity contribution is 5.52. The molecule has 0 bridgehead atoms. The molecule has 26 heavy (non-hydrogen) atoms. The van der Waals surface area contributed by atoms with Crippen LogP contribution < -0.4 is 10.1 Å². The van der Waals surface area contributed by atoms with Gasteiger partial charge < -0.3 is 10.1 Å². The third kappa shape index (κ3) is 4.57. The first kappa shape index (κ1) is 17.9. The second kappa shape index (κ2) is 7.12. The minimum Gasteiger partial charge on any atom is -0.439 e. The van der Waals surface area contributed by atoms with E-state index in [1.807, 2.05) is 44.2 Å². The van der Waals surface area contributed by atoms with Crippen LogP contribution in [0.3, 0.4) is 0 Å². The van der Waals surface area contributed by atoms with Gasteiger partial charge in [0, 0.05) is 17.5 Å². The van der Waals surface area contributed by atoms with E-state index in [9.17, 15) is 0 Å². The molecule has 0 saturated carbocycles. The largest absolute Gasteiger partial charge is 0.439 e. The average Bonchev–Trinajstić information content (AvgIpc) is 2.55. The van der Waals surface area contributed by atoms with Gasteiger partial charge in [-0.2, -0.15) is 0 Å². The quantitative estimate of drug-likeness (QED) is 0.691. The first-order chi connectivity index (χ1) is 12.3. The number of ether oxygens (including phenoxy) is 1. The third-order valence-corrected chi connectivity index (χ3v) is 3.92. The molecule has 0 saturated heterocycles. The monoisotopic (exact) mass is 348 g/mol. The summed E-state index contributed by atoms with van der Waals surface area (Å²) < 4.78 is 5.82. The predicted molar refractivity (Wildman–Crippen MR) is 104 cm³/mol. The topological polar surface area (TPSA) is 59.9 Å². The fourth-order valence-electron chi connectivity index (χ4n) is 2.57. The summed E-state index contributed by atoms with van der Waals surface area (Å²) in [5, 5.41) is 3.16. The van der Waals surface area contributed by atoms with Crippen molar-refractivity contribution in [3.63, 3.8) is 0 Å². The van der Waals surface area contributed by atoms with Gasteiger partial charge in [0.15, 0.2) is 0 Å². The van der Waals surface area contributed by atoms with Crippen molar-refractivity contribution in [1.82, 2.24) is 15.0 Å². The average molecular weight is 348 g/mol. The molecular formula is C21H24N4O. The highest BCUT2D eigenvalue weighted by Crippen LogP contribution is 2.26. The maximum absolute atomic E-state index is 5.82. The SMILES string of the molecule is Cc1cc(C)nc(Nc2ccc(Oc3ccc(C(C)(C)C)cc3)nc2)n1. The van der Waals surface area contributed by atoms with E-state index in [-0.39, 0.29) is 5.41 Å². The molecule has 1 N–H and O–H groups in total. The fraction of sp³-hybridized carbons (Fsp3) is 0.286. The summed E-state index contributed by atoms with van der Waals surface area (Å²) in [5.74, 6) is 1.87. The van der Waals surface area contributed by atoms with Crippen molar-refractivity contribution in [3.8, 4) is 11.6 Å². The maximum atomic E-state index is 5.82. The lowest BCUT2D eigenvalue weighted by atomic mass is 9.87. The van der Waals surface area contributed by atoms with Crippen LogP contribution in [0, 0.1) is 13.8 Å². The van der Waals surface area contributed by atoms with Gasteiger partial charge in [-0.1, -0.05) is 32.9 Å². The number of aryl methyl sites for hydroxylation is 2. The summed E-state index contributed by atoms with van der Waals surface area (Å²) in [4.78, 5) is 13.1. The van der Waals surface area contributed by atoms with Gasteiger partial charge in [0.25, 0.3) is 0 Å². The van der Waals surface area contributed by atoms with E-state index in [1.165, 1.54) is 5.56 Å². The van der Waals surface area contributed by atoms with E-state index in [1.54, 1.807) is 6.20 Å². The Balaban J connectivity index is 1.67. The van der Waals surface area contributed by atoms with Crippen LogP contribution in [-0.2, 0) is 5.41 Å². The number of nitrogens with one attached hydrogen (secondary N) is 1. The molecule has 0 unspecified atom stereocenters. The number of nitrogens with zero attached hydrogens (tertiary/aromatic N) is 3. The summed E-state index contributed by atoms with van der Waals surface area (Å²) in [6.45, 7) is 10.5. The Bertz CT molecular complexity index is 861. The molecule has 0 aliphatic heterocycles. The molecule has 2 heterocycles. The minimum absolute atomic E-state index is 0.125. The Morgan fingerprint density at radius 2 is 1.54 bits per heavy atom. The van der Waals surface area contributed by atoms with Gasteiger partial charge in [-0.3, -0.25) is 0 Å². The Kier molecular flexibility index (Phi) is 4.89. The smallest absolute Gasteiger partial charge is 0.227 e. The summed E-state index contributed by atoms with van der Waals surface area (Å²) >= 11 is 0. The van der Waals surface area contributed by atoms with Crippen LogP contribution >= 0.6 is 0 Å². The van der Waals surface area contributed by atoms with Crippen LogP contribution in [0.25, 0.3) is 0 Å². The lowest BCUT2D eigenvalue weighted by Crippen LogP contribution is -2.10. The number of rotatable bonds is 4. The van der Waals surface area contributed by atoms with E-state index in [0.717, 1.165) is 22.8 Å². The van der Waals surface area contributed by atoms with Crippen LogP contribution in [0.4, 0.5) is 11.6 Å². The molecular weight excluding hydrogens is 324 g/mol. The second-order valence-electron chi connectivity index (χ2n) is 7.36. The highest BCUT2D eigenvalue weighted by atomic mass is 16.5. The van der Waals surface area contributed by atoms with E-state index in [2.05, 4.69) is 53.2 Å². The fourth-order valence-corrected chi connectivity index (χ4v) is 2.57. The van der Waals surface area contributed by atoms with E-state index in [0.29, 0.717) is 11.8 Å². The van der Waals surface area contributed by atoms with Gasteiger partial charge in [0.05, 0.1) is 11.9 Å². The van der Waals surface area contributed by atoms with Crippen molar-refractivity contribution in [2.75, 3.05) is 5.32 Å². The van der Waals surface area contributed by atoms with Crippen LogP contribution in [0.5, 0.6) is 11.6 Å². The lowest BCUT2D eigenvalue weighted by Gasteiger charge is -2.19. The Morgan fingerprint density at radius 3 is 2.08 bits per heavy atom. The summed E-state index contributed by atoms with van der Waals surface area (Å²) in [7, 11) is 0. The normalized spacial score (nSPS) is 11.3. The molecule has 1 aromatic carbocycles. The molecule has 0 atom stereocenters. The zero-order chi connectivity index (χ0) is 18.7. The summed E-state index contributed by atoms with van der Waals surface area (Å²) in [6, 6.07) is 13.8. The van der Waals surface area contributed by atoms with Gasteiger partial charge in [-0.05, 0) is 49.1 Å². The van der Waals surface area contributed by atoms with Gasteiger partial charge >= 0.3 is 0 Å². The van der Waals surface area contributed by atoms with E-state index in [4.69, 9.17) is 4.74 Å². The maximum Gasteiger partial charge on any atom is 0.227 e.